The third-order valence-corrected chi connectivity index (χ3v) is 3.01. The van der Waals surface area contributed by atoms with Gasteiger partial charge in [-0.05, 0) is 34.3 Å². The van der Waals surface area contributed by atoms with E-state index in [2.05, 4.69) is 15.9 Å². The third-order valence-electron chi connectivity index (χ3n) is 1.64. The summed E-state index contributed by atoms with van der Waals surface area (Å²) in [6.07, 6.45) is -2.70. The quantitative estimate of drug-likeness (QED) is 0.628. The molecule has 1 nitrogen and oxygen atoms in total. The van der Waals surface area contributed by atoms with Crippen molar-refractivity contribution in [2.24, 2.45) is 0 Å². The molecule has 78 valence electrons. The summed E-state index contributed by atoms with van der Waals surface area (Å²) >= 11 is 4.23. The molecule has 0 fully saturated rings. The minimum atomic E-state index is -4.40. The Hall–Kier alpha value is -0.360. The first-order valence-corrected chi connectivity index (χ1v) is 5.58. The first-order valence-electron chi connectivity index (χ1n) is 3.56. The van der Waals surface area contributed by atoms with Gasteiger partial charge in [-0.25, -0.2) is 0 Å². The number of nitrogens with two attached hydrogens (primary N) is 1. The lowest BCUT2D eigenvalue weighted by molar-refractivity contribution is -0.137. The maximum Gasteiger partial charge on any atom is 0.418 e. The van der Waals surface area contributed by atoms with E-state index >= 15 is 0 Å². The normalized spacial score (nSPS) is 11.8. The molecule has 6 heteroatoms. The SMILES string of the molecule is CSc1cc(Br)c(N)c(C(F)(F)F)c1. The van der Waals surface area contributed by atoms with Crippen LogP contribution in [0.3, 0.4) is 0 Å². The molecule has 0 heterocycles. The Morgan fingerprint density at radius 1 is 1.36 bits per heavy atom. The van der Waals surface area contributed by atoms with E-state index in [1.165, 1.54) is 11.8 Å². The molecule has 1 aromatic carbocycles. The van der Waals surface area contributed by atoms with Crippen molar-refractivity contribution in [3.8, 4) is 0 Å². The van der Waals surface area contributed by atoms with Crippen LogP contribution in [-0.4, -0.2) is 6.26 Å². The maximum atomic E-state index is 12.4. The highest BCUT2D eigenvalue weighted by atomic mass is 79.9. The maximum absolute atomic E-state index is 12.4. The molecule has 0 aliphatic carbocycles. The minimum Gasteiger partial charge on any atom is -0.397 e. The zero-order valence-corrected chi connectivity index (χ0v) is 9.55. The third kappa shape index (κ3) is 2.36. The summed E-state index contributed by atoms with van der Waals surface area (Å²) in [5, 5.41) is 0. The van der Waals surface area contributed by atoms with E-state index in [1.54, 1.807) is 12.3 Å². The van der Waals surface area contributed by atoms with Crippen LogP contribution in [0.25, 0.3) is 0 Å². The molecule has 0 radical (unpaired) electrons. The van der Waals surface area contributed by atoms with Crippen molar-refractivity contribution in [2.75, 3.05) is 12.0 Å². The van der Waals surface area contributed by atoms with Gasteiger partial charge in [0.05, 0.1) is 11.3 Å². The molecule has 0 aliphatic rings. The second-order valence-corrected chi connectivity index (χ2v) is 4.30. The fourth-order valence-corrected chi connectivity index (χ4v) is 2.03. The van der Waals surface area contributed by atoms with Crippen LogP contribution in [0.5, 0.6) is 0 Å². The Morgan fingerprint density at radius 2 is 1.93 bits per heavy atom. The monoisotopic (exact) mass is 285 g/mol. The Morgan fingerprint density at radius 3 is 2.36 bits per heavy atom. The summed E-state index contributed by atoms with van der Waals surface area (Å²) in [7, 11) is 0. The largest absolute Gasteiger partial charge is 0.418 e. The molecule has 14 heavy (non-hydrogen) atoms. The average Bonchev–Trinajstić information content (AvgIpc) is 2.07. The second kappa shape index (κ2) is 4.02. The molecule has 2 N–H and O–H groups in total. The number of hydrogen-bond acceptors (Lipinski definition) is 2. The molecule has 0 atom stereocenters. The predicted octanol–water partition coefficient (Wildman–Crippen LogP) is 3.77. The van der Waals surface area contributed by atoms with E-state index in [-0.39, 0.29) is 10.2 Å². The topological polar surface area (TPSA) is 26.0 Å². The summed E-state index contributed by atoms with van der Waals surface area (Å²) in [6.45, 7) is 0. The van der Waals surface area contributed by atoms with Crippen molar-refractivity contribution in [1.82, 2.24) is 0 Å². The number of thioether (sulfide) groups is 1. The van der Waals surface area contributed by atoms with Gasteiger partial charge in [0.25, 0.3) is 0 Å². The van der Waals surface area contributed by atoms with E-state index in [4.69, 9.17) is 5.73 Å². The number of hydrogen-bond donors (Lipinski definition) is 1. The van der Waals surface area contributed by atoms with Crippen molar-refractivity contribution in [3.05, 3.63) is 22.2 Å². The van der Waals surface area contributed by atoms with Gasteiger partial charge in [0.1, 0.15) is 0 Å². The summed E-state index contributed by atoms with van der Waals surface area (Å²) < 4.78 is 37.6. The number of rotatable bonds is 1. The summed E-state index contributed by atoms with van der Waals surface area (Å²) in [6, 6.07) is 2.61. The van der Waals surface area contributed by atoms with E-state index in [9.17, 15) is 13.2 Å². The van der Waals surface area contributed by atoms with Crippen LogP contribution in [0, 0.1) is 0 Å². The van der Waals surface area contributed by atoms with E-state index in [1.807, 2.05) is 0 Å². The van der Waals surface area contributed by atoms with Gasteiger partial charge in [-0.3, -0.25) is 0 Å². The smallest absolute Gasteiger partial charge is 0.397 e. The van der Waals surface area contributed by atoms with Crippen molar-refractivity contribution in [3.63, 3.8) is 0 Å². The molecule has 0 unspecified atom stereocenters. The summed E-state index contributed by atoms with van der Waals surface area (Å²) in [5.74, 6) is 0. The number of nitrogen functional groups attached to an aromatic ring is 1. The molecule has 1 aromatic rings. The van der Waals surface area contributed by atoms with Crippen LogP contribution < -0.4 is 5.73 Å². The van der Waals surface area contributed by atoms with Gasteiger partial charge < -0.3 is 5.73 Å². The van der Waals surface area contributed by atoms with E-state index in [0.717, 1.165) is 6.07 Å². The highest BCUT2D eigenvalue weighted by Crippen LogP contribution is 2.39. The molecule has 0 amide bonds. The van der Waals surface area contributed by atoms with Crippen molar-refractivity contribution in [1.29, 1.82) is 0 Å². The zero-order valence-electron chi connectivity index (χ0n) is 7.15. The van der Waals surface area contributed by atoms with Gasteiger partial charge >= 0.3 is 6.18 Å². The Labute approximate surface area is 92.0 Å². The highest BCUT2D eigenvalue weighted by molar-refractivity contribution is 9.10. The fraction of sp³-hybridized carbons (Fsp3) is 0.250. The molecule has 0 spiro atoms. The van der Waals surface area contributed by atoms with Gasteiger partial charge in [-0.15, -0.1) is 11.8 Å². The first kappa shape index (κ1) is 11.7. The lowest BCUT2D eigenvalue weighted by atomic mass is 10.2. The van der Waals surface area contributed by atoms with Crippen LogP contribution >= 0.6 is 27.7 Å². The number of alkyl halides is 3. The highest BCUT2D eigenvalue weighted by Gasteiger charge is 2.34. The number of benzene rings is 1. The molecule has 1 rings (SSSR count). The molecule has 0 bridgehead atoms. The van der Waals surface area contributed by atoms with Gasteiger partial charge in [0.2, 0.25) is 0 Å². The van der Waals surface area contributed by atoms with Gasteiger partial charge in [-0.1, -0.05) is 0 Å². The number of halogens is 4. The minimum absolute atomic E-state index is 0.268. The molecule has 0 saturated heterocycles. The second-order valence-electron chi connectivity index (χ2n) is 2.57. The van der Waals surface area contributed by atoms with E-state index < -0.39 is 11.7 Å². The lowest BCUT2D eigenvalue weighted by Crippen LogP contribution is -2.09. The Kier molecular flexibility index (Phi) is 3.36. The number of anilines is 1. The summed E-state index contributed by atoms with van der Waals surface area (Å²) in [5.41, 5.74) is 4.25. The van der Waals surface area contributed by atoms with Crippen molar-refractivity contribution >= 4 is 33.4 Å². The zero-order chi connectivity index (χ0) is 10.9. The van der Waals surface area contributed by atoms with Crippen LogP contribution in [0.15, 0.2) is 21.5 Å². The molecule has 0 aromatic heterocycles. The van der Waals surface area contributed by atoms with Gasteiger partial charge in [-0.2, -0.15) is 13.2 Å². The lowest BCUT2D eigenvalue weighted by Gasteiger charge is -2.12. The van der Waals surface area contributed by atoms with Crippen LogP contribution in [0.1, 0.15) is 5.56 Å². The van der Waals surface area contributed by atoms with Gasteiger partial charge in [0.15, 0.2) is 0 Å². The van der Waals surface area contributed by atoms with Crippen LogP contribution in [0.4, 0.5) is 18.9 Å². The molecule has 0 aliphatic heterocycles. The predicted molar refractivity (Wildman–Crippen MR) is 55.3 cm³/mol. The standard InChI is InChI=1S/C8H7BrF3NS/c1-14-4-2-5(8(10,11)12)7(13)6(9)3-4/h2-3H,13H2,1H3. The van der Waals surface area contributed by atoms with Crippen LogP contribution in [-0.2, 0) is 6.18 Å². The van der Waals surface area contributed by atoms with Crippen molar-refractivity contribution in [2.45, 2.75) is 11.1 Å². The molecular formula is C8H7BrF3NS. The van der Waals surface area contributed by atoms with Crippen molar-refractivity contribution < 1.29 is 13.2 Å². The Bertz CT molecular complexity index is 351. The van der Waals surface area contributed by atoms with Crippen LogP contribution in [0.2, 0.25) is 0 Å². The molecule has 0 saturated carbocycles. The van der Waals surface area contributed by atoms with Gasteiger partial charge in [0, 0.05) is 9.37 Å². The molecular weight excluding hydrogens is 279 g/mol. The Balaban J connectivity index is 3.35. The first-order chi connectivity index (χ1) is 6.36. The fourth-order valence-electron chi connectivity index (χ4n) is 0.945. The van der Waals surface area contributed by atoms with E-state index in [0.29, 0.717) is 4.90 Å². The average molecular weight is 286 g/mol. The summed E-state index contributed by atoms with van der Waals surface area (Å²) in [4.78, 5) is 0.526.